The fraction of sp³-hybridized carbons (Fsp3) is 0.0769. The van der Waals surface area contributed by atoms with Crippen LogP contribution in [0.4, 0.5) is 11.5 Å². The molecule has 2 aromatic rings. The van der Waals surface area contributed by atoms with Gasteiger partial charge in [-0.05, 0) is 31.2 Å². The number of pyridine rings is 1. The van der Waals surface area contributed by atoms with Crippen LogP contribution < -0.4 is 4.90 Å². The summed E-state index contributed by atoms with van der Waals surface area (Å²) in [5.74, 6) is 0.633. The summed E-state index contributed by atoms with van der Waals surface area (Å²) in [7, 11) is 0. The number of nitriles is 1. The summed E-state index contributed by atoms with van der Waals surface area (Å²) in [5, 5.41) is 9.14. The highest BCUT2D eigenvalue weighted by Crippen LogP contribution is 2.22. The fourth-order valence-electron chi connectivity index (χ4n) is 1.42. The first kappa shape index (κ1) is 10.2. The molecule has 0 aliphatic heterocycles. The van der Waals surface area contributed by atoms with Gasteiger partial charge in [0.15, 0.2) is 6.19 Å². The maximum absolute atomic E-state index is 9.14. The summed E-state index contributed by atoms with van der Waals surface area (Å²) in [5.41, 5.74) is 1.99. The van der Waals surface area contributed by atoms with Crippen molar-refractivity contribution in [1.29, 1.82) is 5.26 Å². The van der Waals surface area contributed by atoms with Gasteiger partial charge in [-0.3, -0.25) is 0 Å². The van der Waals surface area contributed by atoms with Crippen molar-refractivity contribution < 1.29 is 0 Å². The van der Waals surface area contributed by atoms with Gasteiger partial charge in [0.2, 0.25) is 0 Å². The fourth-order valence-corrected chi connectivity index (χ4v) is 1.42. The molecule has 78 valence electrons. The van der Waals surface area contributed by atoms with Gasteiger partial charge >= 0.3 is 0 Å². The molecular formula is C13H11N3. The molecule has 0 bridgehead atoms. The Bertz CT molecular complexity index is 497. The summed E-state index contributed by atoms with van der Waals surface area (Å²) in [6.45, 7) is 2.02. The van der Waals surface area contributed by atoms with Crippen molar-refractivity contribution >= 4 is 11.5 Å². The Balaban J connectivity index is 2.38. The van der Waals surface area contributed by atoms with E-state index in [9.17, 15) is 0 Å². The number of nitrogens with zero attached hydrogens (tertiary/aromatic N) is 3. The Morgan fingerprint density at radius 1 is 1.12 bits per heavy atom. The Labute approximate surface area is 94.6 Å². The van der Waals surface area contributed by atoms with Crippen LogP contribution in [0.25, 0.3) is 0 Å². The third-order valence-corrected chi connectivity index (χ3v) is 2.27. The van der Waals surface area contributed by atoms with Gasteiger partial charge in [0, 0.05) is 6.20 Å². The van der Waals surface area contributed by atoms with E-state index in [0.717, 1.165) is 5.69 Å². The zero-order valence-electron chi connectivity index (χ0n) is 8.96. The highest BCUT2D eigenvalue weighted by molar-refractivity contribution is 5.63. The van der Waals surface area contributed by atoms with Crippen molar-refractivity contribution in [2.75, 3.05) is 4.90 Å². The van der Waals surface area contributed by atoms with E-state index < -0.39 is 0 Å². The molecule has 1 aromatic heterocycles. The molecule has 2 rings (SSSR count). The van der Waals surface area contributed by atoms with Crippen molar-refractivity contribution in [3.05, 3.63) is 54.2 Å². The number of hydrogen-bond acceptors (Lipinski definition) is 3. The van der Waals surface area contributed by atoms with Crippen LogP contribution in [-0.2, 0) is 0 Å². The molecule has 16 heavy (non-hydrogen) atoms. The summed E-state index contributed by atoms with van der Waals surface area (Å²) in [6, 6.07) is 13.3. The summed E-state index contributed by atoms with van der Waals surface area (Å²) < 4.78 is 0. The molecule has 3 nitrogen and oxygen atoms in total. The normalized spacial score (nSPS) is 9.50. The number of anilines is 2. The van der Waals surface area contributed by atoms with Crippen molar-refractivity contribution in [3.63, 3.8) is 0 Å². The quantitative estimate of drug-likeness (QED) is 0.563. The van der Waals surface area contributed by atoms with Crippen molar-refractivity contribution in [2.45, 2.75) is 6.92 Å². The van der Waals surface area contributed by atoms with Gasteiger partial charge in [-0.1, -0.05) is 23.8 Å². The lowest BCUT2D eigenvalue weighted by Crippen LogP contribution is -2.09. The Kier molecular flexibility index (Phi) is 2.84. The molecule has 0 N–H and O–H groups in total. The van der Waals surface area contributed by atoms with Gasteiger partial charge in [0.05, 0.1) is 5.69 Å². The monoisotopic (exact) mass is 209 g/mol. The largest absolute Gasteiger partial charge is 0.238 e. The zero-order chi connectivity index (χ0) is 11.4. The molecule has 0 spiro atoms. The average Bonchev–Trinajstić information content (AvgIpc) is 2.34. The predicted octanol–water partition coefficient (Wildman–Crippen LogP) is 3.01. The van der Waals surface area contributed by atoms with E-state index in [1.165, 1.54) is 10.5 Å². The van der Waals surface area contributed by atoms with Crippen LogP contribution in [0.1, 0.15) is 5.56 Å². The lowest BCUT2D eigenvalue weighted by Gasteiger charge is -2.14. The van der Waals surface area contributed by atoms with Crippen LogP contribution in [0.2, 0.25) is 0 Å². The van der Waals surface area contributed by atoms with Crippen molar-refractivity contribution in [3.8, 4) is 6.19 Å². The molecule has 3 heteroatoms. The van der Waals surface area contributed by atoms with Crippen LogP contribution >= 0.6 is 0 Å². The van der Waals surface area contributed by atoms with Gasteiger partial charge in [-0.25, -0.2) is 9.88 Å². The van der Waals surface area contributed by atoms with Crippen LogP contribution in [0.5, 0.6) is 0 Å². The molecule has 0 saturated carbocycles. The highest BCUT2D eigenvalue weighted by atomic mass is 15.2. The molecule has 0 aliphatic carbocycles. The Morgan fingerprint density at radius 3 is 2.44 bits per heavy atom. The number of rotatable bonds is 2. The van der Waals surface area contributed by atoms with E-state index in [2.05, 4.69) is 11.2 Å². The number of aromatic nitrogens is 1. The van der Waals surface area contributed by atoms with Gasteiger partial charge in [0.25, 0.3) is 0 Å². The number of aryl methyl sites for hydroxylation is 1. The third kappa shape index (κ3) is 2.01. The van der Waals surface area contributed by atoms with E-state index in [-0.39, 0.29) is 0 Å². The topological polar surface area (TPSA) is 39.9 Å². The third-order valence-electron chi connectivity index (χ3n) is 2.27. The lowest BCUT2D eigenvalue weighted by atomic mass is 10.2. The van der Waals surface area contributed by atoms with Crippen LogP contribution in [0, 0.1) is 18.4 Å². The number of hydrogen-bond donors (Lipinski definition) is 0. The minimum Gasteiger partial charge on any atom is -0.238 e. The van der Waals surface area contributed by atoms with Gasteiger partial charge < -0.3 is 0 Å². The Morgan fingerprint density at radius 2 is 1.88 bits per heavy atom. The van der Waals surface area contributed by atoms with Crippen molar-refractivity contribution in [2.24, 2.45) is 0 Å². The molecule has 0 amide bonds. The number of benzene rings is 1. The smallest absolute Gasteiger partial charge is 0.190 e. The SMILES string of the molecule is Cc1ccc(N(C#N)c2ccccn2)cc1. The first-order chi connectivity index (χ1) is 7.81. The molecule has 1 aromatic carbocycles. The second-order valence-corrected chi connectivity index (χ2v) is 3.46. The lowest BCUT2D eigenvalue weighted by molar-refractivity contribution is 1.18. The second-order valence-electron chi connectivity index (χ2n) is 3.46. The molecule has 0 fully saturated rings. The standard InChI is InChI=1S/C13H11N3/c1-11-5-7-12(8-6-11)16(10-14)13-4-2-3-9-15-13/h2-9H,1H3. The van der Waals surface area contributed by atoms with E-state index in [1.807, 2.05) is 49.4 Å². The van der Waals surface area contributed by atoms with E-state index in [1.54, 1.807) is 6.20 Å². The molecular weight excluding hydrogens is 198 g/mol. The first-order valence-electron chi connectivity index (χ1n) is 4.99. The predicted molar refractivity (Wildman–Crippen MR) is 63.2 cm³/mol. The molecule has 0 saturated heterocycles. The Hall–Kier alpha value is -2.34. The molecule has 0 radical (unpaired) electrons. The summed E-state index contributed by atoms with van der Waals surface area (Å²) in [4.78, 5) is 5.65. The van der Waals surface area contributed by atoms with E-state index >= 15 is 0 Å². The van der Waals surface area contributed by atoms with Gasteiger partial charge in [-0.2, -0.15) is 5.26 Å². The van der Waals surface area contributed by atoms with Crippen LogP contribution in [0.15, 0.2) is 48.7 Å². The molecule has 0 unspecified atom stereocenters. The van der Waals surface area contributed by atoms with Gasteiger partial charge in [0.1, 0.15) is 5.82 Å². The average molecular weight is 209 g/mol. The molecule has 0 atom stereocenters. The first-order valence-corrected chi connectivity index (χ1v) is 4.99. The van der Waals surface area contributed by atoms with Crippen LogP contribution in [0.3, 0.4) is 0 Å². The van der Waals surface area contributed by atoms with Crippen LogP contribution in [-0.4, -0.2) is 4.98 Å². The second kappa shape index (κ2) is 4.45. The molecule has 0 aliphatic rings. The van der Waals surface area contributed by atoms with Crippen molar-refractivity contribution in [1.82, 2.24) is 4.98 Å². The maximum atomic E-state index is 9.14. The summed E-state index contributed by atoms with van der Waals surface area (Å²) in [6.07, 6.45) is 3.80. The minimum atomic E-state index is 0.633. The maximum Gasteiger partial charge on any atom is 0.190 e. The van der Waals surface area contributed by atoms with Gasteiger partial charge in [-0.15, -0.1) is 0 Å². The summed E-state index contributed by atoms with van der Waals surface area (Å²) >= 11 is 0. The zero-order valence-corrected chi connectivity index (χ0v) is 8.96. The van der Waals surface area contributed by atoms with E-state index in [4.69, 9.17) is 5.26 Å². The highest BCUT2D eigenvalue weighted by Gasteiger charge is 2.08. The van der Waals surface area contributed by atoms with E-state index in [0.29, 0.717) is 5.82 Å². The minimum absolute atomic E-state index is 0.633. The molecule has 1 heterocycles.